The third-order valence-electron chi connectivity index (χ3n) is 5.82. The molecule has 0 aromatic carbocycles. The Morgan fingerprint density at radius 1 is 1.07 bits per heavy atom. The van der Waals surface area contributed by atoms with Crippen LogP contribution in [0.1, 0.15) is 12.8 Å². The summed E-state index contributed by atoms with van der Waals surface area (Å²) in [6.45, 7) is 0. The van der Waals surface area contributed by atoms with E-state index in [1.807, 2.05) is 0 Å². The van der Waals surface area contributed by atoms with E-state index >= 15 is 0 Å². The molecule has 0 spiro atoms. The Kier molecular flexibility index (Phi) is 1.56. The number of fused-ring (bicyclic) bond motifs is 9. The first-order valence-electron chi connectivity index (χ1n) is 6.42. The molecule has 8 unspecified atom stereocenters. The lowest BCUT2D eigenvalue weighted by atomic mass is 9.70. The molecular formula is C13H20N2. The van der Waals surface area contributed by atoms with Crippen LogP contribution in [0.2, 0.25) is 0 Å². The van der Waals surface area contributed by atoms with Crippen LogP contribution in [-0.4, -0.2) is 19.1 Å². The molecule has 0 aromatic rings. The second kappa shape index (κ2) is 2.67. The average molecular weight is 204 g/mol. The van der Waals surface area contributed by atoms with E-state index in [4.69, 9.17) is 5.73 Å². The van der Waals surface area contributed by atoms with Crippen LogP contribution in [0.25, 0.3) is 0 Å². The van der Waals surface area contributed by atoms with E-state index in [-0.39, 0.29) is 0 Å². The summed E-state index contributed by atoms with van der Waals surface area (Å²) in [4.78, 5) is 0. The van der Waals surface area contributed by atoms with Gasteiger partial charge in [-0.3, -0.25) is 0 Å². The fraction of sp³-hybridized carbons (Fsp3) is 0.846. The van der Waals surface area contributed by atoms with E-state index in [2.05, 4.69) is 24.5 Å². The highest BCUT2D eigenvalue weighted by atomic mass is 15.0. The summed E-state index contributed by atoms with van der Waals surface area (Å²) in [6, 6.07) is 1.03. The highest BCUT2D eigenvalue weighted by Crippen LogP contribution is 2.64. The molecule has 3 fully saturated rings. The van der Waals surface area contributed by atoms with Crippen LogP contribution in [0, 0.1) is 35.5 Å². The maximum Gasteiger partial charge on any atom is 0.0250 e. The predicted molar refractivity (Wildman–Crippen MR) is 60.1 cm³/mol. The predicted octanol–water partition coefficient (Wildman–Crippen LogP) is 0.990. The molecule has 15 heavy (non-hydrogen) atoms. The van der Waals surface area contributed by atoms with E-state index in [1.165, 1.54) is 12.8 Å². The van der Waals surface area contributed by atoms with Gasteiger partial charge < -0.3 is 11.1 Å². The molecule has 4 rings (SSSR count). The van der Waals surface area contributed by atoms with E-state index < -0.39 is 0 Å². The lowest BCUT2D eigenvalue weighted by Crippen LogP contribution is -2.53. The normalized spacial score (nSPS) is 64.1. The maximum absolute atomic E-state index is 6.38. The zero-order valence-electron chi connectivity index (χ0n) is 9.27. The number of rotatable bonds is 1. The van der Waals surface area contributed by atoms with Gasteiger partial charge in [0.1, 0.15) is 0 Å². The van der Waals surface area contributed by atoms with Crippen molar-refractivity contribution in [1.29, 1.82) is 0 Å². The maximum atomic E-state index is 6.38. The molecule has 4 aliphatic rings. The smallest absolute Gasteiger partial charge is 0.0250 e. The summed E-state index contributed by atoms with van der Waals surface area (Å²) in [7, 11) is 2.09. The van der Waals surface area contributed by atoms with Crippen LogP contribution in [0.3, 0.4) is 0 Å². The first-order chi connectivity index (χ1) is 7.31. The minimum atomic E-state index is 0.425. The van der Waals surface area contributed by atoms with Crippen LogP contribution in [0.15, 0.2) is 12.2 Å². The standard InChI is InChI=1S/C13H20N2/c1-15-13-9-5-8(12(13)14)10-6-2-3-7(4-6)11(9)10/h2-3,6-13,15H,4-5,14H2,1H3. The monoisotopic (exact) mass is 204 g/mol. The molecule has 0 radical (unpaired) electrons. The third kappa shape index (κ3) is 0.853. The molecule has 0 heterocycles. The molecule has 4 aliphatic carbocycles. The highest BCUT2D eigenvalue weighted by molar-refractivity contribution is 5.23. The van der Waals surface area contributed by atoms with Crippen molar-refractivity contribution in [3.8, 4) is 0 Å². The van der Waals surface area contributed by atoms with Crippen molar-refractivity contribution in [2.24, 2.45) is 41.2 Å². The van der Waals surface area contributed by atoms with Crippen LogP contribution >= 0.6 is 0 Å². The molecule has 0 amide bonds. The molecule has 3 saturated carbocycles. The summed E-state index contributed by atoms with van der Waals surface area (Å²) in [5.74, 6) is 5.40. The highest BCUT2D eigenvalue weighted by Gasteiger charge is 2.63. The van der Waals surface area contributed by atoms with Crippen molar-refractivity contribution < 1.29 is 0 Å². The topological polar surface area (TPSA) is 38.0 Å². The number of likely N-dealkylation sites (N-methyl/N-ethyl adjacent to an activating group) is 1. The first-order valence-corrected chi connectivity index (χ1v) is 6.42. The summed E-state index contributed by atoms with van der Waals surface area (Å²) < 4.78 is 0. The Morgan fingerprint density at radius 3 is 2.40 bits per heavy atom. The molecule has 4 bridgehead atoms. The SMILES string of the molecule is CNC1C(N)C2CC1C1C3C=CC(C3)C21. The average Bonchev–Trinajstić information content (AvgIpc) is 2.94. The third-order valence-corrected chi connectivity index (χ3v) is 5.82. The van der Waals surface area contributed by atoms with Gasteiger partial charge in [0, 0.05) is 12.1 Å². The van der Waals surface area contributed by atoms with Crippen LogP contribution in [0.4, 0.5) is 0 Å². The number of hydrogen-bond acceptors (Lipinski definition) is 2. The van der Waals surface area contributed by atoms with Crippen LogP contribution in [-0.2, 0) is 0 Å². The number of nitrogens with one attached hydrogen (secondary N) is 1. The second-order valence-electron chi connectivity index (χ2n) is 6.06. The summed E-state index contributed by atoms with van der Waals surface area (Å²) >= 11 is 0. The van der Waals surface area contributed by atoms with E-state index in [0.717, 1.165) is 35.5 Å². The lowest BCUT2D eigenvalue weighted by Gasteiger charge is -2.40. The molecule has 82 valence electrons. The van der Waals surface area contributed by atoms with Gasteiger partial charge in [-0.25, -0.2) is 0 Å². The largest absolute Gasteiger partial charge is 0.326 e. The van der Waals surface area contributed by atoms with E-state index in [0.29, 0.717) is 12.1 Å². The molecule has 0 saturated heterocycles. The molecule has 0 aromatic heterocycles. The van der Waals surface area contributed by atoms with E-state index in [1.54, 1.807) is 0 Å². The van der Waals surface area contributed by atoms with E-state index in [9.17, 15) is 0 Å². The van der Waals surface area contributed by atoms with Gasteiger partial charge in [0.25, 0.3) is 0 Å². The van der Waals surface area contributed by atoms with Crippen molar-refractivity contribution in [2.45, 2.75) is 24.9 Å². The minimum Gasteiger partial charge on any atom is -0.326 e. The molecule has 2 nitrogen and oxygen atoms in total. The van der Waals surface area contributed by atoms with Gasteiger partial charge in [-0.2, -0.15) is 0 Å². The van der Waals surface area contributed by atoms with Gasteiger partial charge >= 0.3 is 0 Å². The molecule has 8 atom stereocenters. The fourth-order valence-corrected chi connectivity index (χ4v) is 5.49. The van der Waals surface area contributed by atoms with Gasteiger partial charge in [0.15, 0.2) is 0 Å². The first kappa shape index (κ1) is 8.77. The van der Waals surface area contributed by atoms with Crippen molar-refractivity contribution in [3.05, 3.63) is 12.2 Å². The minimum absolute atomic E-state index is 0.425. The van der Waals surface area contributed by atoms with Crippen LogP contribution < -0.4 is 11.1 Å². The molecule has 3 N–H and O–H groups in total. The Balaban J connectivity index is 1.73. The Morgan fingerprint density at radius 2 is 1.73 bits per heavy atom. The quantitative estimate of drug-likeness (QED) is 0.494. The van der Waals surface area contributed by atoms with Gasteiger partial charge in [0.2, 0.25) is 0 Å². The fourth-order valence-electron chi connectivity index (χ4n) is 5.49. The van der Waals surface area contributed by atoms with Crippen molar-refractivity contribution >= 4 is 0 Å². The Hall–Kier alpha value is -0.340. The molecule has 0 aliphatic heterocycles. The zero-order valence-corrected chi connectivity index (χ0v) is 9.27. The zero-order chi connectivity index (χ0) is 10.2. The number of allylic oxidation sites excluding steroid dienone is 2. The Labute approximate surface area is 91.3 Å². The van der Waals surface area contributed by atoms with Crippen LogP contribution in [0.5, 0.6) is 0 Å². The van der Waals surface area contributed by atoms with Crippen molar-refractivity contribution in [3.63, 3.8) is 0 Å². The van der Waals surface area contributed by atoms with Gasteiger partial charge in [0.05, 0.1) is 0 Å². The van der Waals surface area contributed by atoms with Gasteiger partial charge in [-0.1, -0.05) is 12.2 Å². The van der Waals surface area contributed by atoms with Crippen molar-refractivity contribution in [1.82, 2.24) is 5.32 Å². The van der Waals surface area contributed by atoms with Crippen molar-refractivity contribution in [2.75, 3.05) is 7.05 Å². The Bertz CT molecular complexity index is 324. The lowest BCUT2D eigenvalue weighted by molar-refractivity contribution is 0.151. The summed E-state index contributed by atoms with van der Waals surface area (Å²) in [5.41, 5.74) is 6.38. The van der Waals surface area contributed by atoms with Gasteiger partial charge in [-0.05, 0) is 55.4 Å². The van der Waals surface area contributed by atoms with Gasteiger partial charge in [-0.15, -0.1) is 0 Å². The molecular weight excluding hydrogens is 184 g/mol. The summed E-state index contributed by atoms with van der Waals surface area (Å²) in [6.07, 6.45) is 7.81. The summed E-state index contributed by atoms with van der Waals surface area (Å²) in [5, 5.41) is 3.47. The second-order valence-corrected chi connectivity index (χ2v) is 6.06. The molecule has 2 heteroatoms. The number of hydrogen-bond donors (Lipinski definition) is 2. The number of nitrogens with two attached hydrogens (primary N) is 1.